The molecule has 9 heteroatoms. The number of phosphoric ester groups is 1. The van der Waals surface area contributed by atoms with Crippen molar-refractivity contribution in [2.45, 2.75) is 231 Å². The molecule has 0 heterocycles. The van der Waals surface area contributed by atoms with Gasteiger partial charge in [0.05, 0.1) is 39.9 Å². The van der Waals surface area contributed by atoms with Crippen molar-refractivity contribution in [3.05, 3.63) is 48.6 Å². The molecule has 352 valence electrons. The Bertz CT molecular complexity index is 1120. The number of nitrogens with zero attached hydrogens (tertiary/aromatic N) is 1. The van der Waals surface area contributed by atoms with Gasteiger partial charge in [-0.15, -0.1) is 0 Å². The molecule has 0 radical (unpaired) electrons. The molecule has 0 aliphatic carbocycles. The Kier molecular flexibility index (Phi) is 41.6. The van der Waals surface area contributed by atoms with Crippen LogP contribution in [0.3, 0.4) is 0 Å². The van der Waals surface area contributed by atoms with Crippen LogP contribution in [0, 0.1) is 0 Å². The van der Waals surface area contributed by atoms with E-state index in [0.29, 0.717) is 17.4 Å². The number of amides is 1. The maximum atomic E-state index is 12.9. The molecule has 3 unspecified atom stereocenters. The van der Waals surface area contributed by atoms with E-state index in [1.54, 1.807) is 6.08 Å². The Morgan fingerprint density at radius 3 is 1.35 bits per heavy atom. The monoisotopic (exact) mass is 865 g/mol. The highest BCUT2D eigenvalue weighted by Gasteiger charge is 2.23. The molecule has 2 N–H and O–H groups in total. The van der Waals surface area contributed by atoms with Crippen molar-refractivity contribution < 1.29 is 32.9 Å². The fourth-order valence-electron chi connectivity index (χ4n) is 7.00. The Labute approximate surface area is 371 Å². The van der Waals surface area contributed by atoms with Gasteiger partial charge in [0.15, 0.2) is 0 Å². The summed E-state index contributed by atoms with van der Waals surface area (Å²) in [6.07, 6.45) is 54.6. The van der Waals surface area contributed by atoms with E-state index < -0.39 is 26.6 Å². The van der Waals surface area contributed by atoms with Crippen LogP contribution >= 0.6 is 7.82 Å². The number of hydrogen-bond donors (Lipinski definition) is 2. The third kappa shape index (κ3) is 44.5. The van der Waals surface area contributed by atoms with Crippen LogP contribution in [-0.2, 0) is 18.4 Å². The van der Waals surface area contributed by atoms with Gasteiger partial charge in [-0.05, 0) is 70.6 Å². The summed E-state index contributed by atoms with van der Waals surface area (Å²) in [4.78, 5) is 25.4. The lowest BCUT2D eigenvalue weighted by Crippen LogP contribution is -2.45. The number of likely N-dealkylation sites (N-methyl/N-ethyl adjacent to an activating group) is 1. The lowest BCUT2D eigenvalue weighted by atomic mass is 10.0. The van der Waals surface area contributed by atoms with Gasteiger partial charge in [-0.2, -0.15) is 0 Å². The van der Waals surface area contributed by atoms with Gasteiger partial charge in [0, 0.05) is 6.42 Å². The molecule has 0 aliphatic rings. The van der Waals surface area contributed by atoms with Crippen molar-refractivity contribution >= 4 is 13.7 Å². The van der Waals surface area contributed by atoms with Gasteiger partial charge in [0.1, 0.15) is 13.2 Å². The van der Waals surface area contributed by atoms with E-state index in [-0.39, 0.29) is 12.5 Å². The molecule has 60 heavy (non-hydrogen) atoms. The quantitative estimate of drug-likeness (QED) is 0.0273. The number of aliphatic hydroxyl groups excluding tert-OH is 1. The van der Waals surface area contributed by atoms with E-state index in [2.05, 4.69) is 55.6 Å². The molecule has 0 aromatic rings. The first-order chi connectivity index (χ1) is 29.0. The Hall–Kier alpha value is -1.54. The zero-order valence-electron chi connectivity index (χ0n) is 39.9. The fourth-order valence-corrected chi connectivity index (χ4v) is 7.73. The van der Waals surface area contributed by atoms with E-state index in [0.717, 1.165) is 44.9 Å². The first-order valence-corrected chi connectivity index (χ1v) is 26.5. The summed E-state index contributed by atoms with van der Waals surface area (Å²) in [5, 5.41) is 13.8. The predicted molar refractivity (Wildman–Crippen MR) is 256 cm³/mol. The highest BCUT2D eigenvalue weighted by molar-refractivity contribution is 7.45. The maximum Gasteiger partial charge on any atom is 0.268 e. The van der Waals surface area contributed by atoms with E-state index in [4.69, 9.17) is 9.05 Å². The van der Waals surface area contributed by atoms with Gasteiger partial charge >= 0.3 is 0 Å². The zero-order valence-corrected chi connectivity index (χ0v) is 40.8. The Morgan fingerprint density at radius 1 is 0.567 bits per heavy atom. The number of quaternary nitrogens is 1. The van der Waals surface area contributed by atoms with Gasteiger partial charge in [-0.3, -0.25) is 9.36 Å². The number of phosphoric acid groups is 1. The van der Waals surface area contributed by atoms with E-state index >= 15 is 0 Å². The van der Waals surface area contributed by atoms with Crippen molar-refractivity contribution in [3.8, 4) is 0 Å². The van der Waals surface area contributed by atoms with Crippen molar-refractivity contribution in [1.82, 2.24) is 5.32 Å². The maximum absolute atomic E-state index is 12.9. The summed E-state index contributed by atoms with van der Waals surface area (Å²) < 4.78 is 23.2. The molecule has 0 saturated carbocycles. The number of rotatable bonds is 45. The minimum Gasteiger partial charge on any atom is -0.756 e. The molecule has 0 rings (SSSR count). The third-order valence-corrected chi connectivity index (χ3v) is 12.0. The molecular weight excluding hydrogens is 768 g/mol. The van der Waals surface area contributed by atoms with Gasteiger partial charge < -0.3 is 28.8 Å². The molecule has 0 aliphatic heterocycles. The van der Waals surface area contributed by atoms with Gasteiger partial charge in [0.25, 0.3) is 7.82 Å². The smallest absolute Gasteiger partial charge is 0.268 e. The zero-order chi connectivity index (χ0) is 44.3. The highest BCUT2D eigenvalue weighted by atomic mass is 31.2. The highest BCUT2D eigenvalue weighted by Crippen LogP contribution is 2.38. The predicted octanol–water partition coefficient (Wildman–Crippen LogP) is 13.8. The summed E-state index contributed by atoms with van der Waals surface area (Å²) in [5.41, 5.74) is 0. The molecule has 3 atom stereocenters. The van der Waals surface area contributed by atoms with Crippen LogP contribution in [0.2, 0.25) is 0 Å². The Morgan fingerprint density at radius 2 is 0.933 bits per heavy atom. The Balaban J connectivity index is 4.34. The molecule has 1 amide bonds. The largest absolute Gasteiger partial charge is 0.756 e. The van der Waals surface area contributed by atoms with E-state index in [1.165, 1.54) is 154 Å². The normalized spacial score (nSPS) is 14.6. The number of unbranched alkanes of at least 4 members (excludes halogenated alkanes) is 26. The topological polar surface area (TPSA) is 108 Å². The number of carbonyl (C=O) groups is 1. The summed E-state index contributed by atoms with van der Waals surface area (Å²) in [6.45, 7) is 4.60. The molecule has 0 bridgehead atoms. The van der Waals surface area contributed by atoms with Crippen molar-refractivity contribution in [1.29, 1.82) is 0 Å². The molecule has 0 spiro atoms. The summed E-state index contributed by atoms with van der Waals surface area (Å²) in [5.74, 6) is -0.216. The third-order valence-electron chi connectivity index (χ3n) is 11.0. The lowest BCUT2D eigenvalue weighted by Gasteiger charge is -2.29. The second kappa shape index (κ2) is 42.7. The van der Waals surface area contributed by atoms with Crippen LogP contribution in [0.4, 0.5) is 0 Å². The van der Waals surface area contributed by atoms with Gasteiger partial charge in [-0.25, -0.2) is 0 Å². The lowest BCUT2D eigenvalue weighted by molar-refractivity contribution is -0.870. The van der Waals surface area contributed by atoms with Crippen molar-refractivity contribution in [2.24, 2.45) is 0 Å². The molecule has 0 fully saturated rings. The SMILES string of the molecule is CCCCCCC/C=C/CC/C=C/CC/C=C/C(O)C(COP(=O)([O-])OCC[N+](C)(C)C)NC(=O)CCCCCCCCC/C=C\CCCCCCCCCCCCCC. The van der Waals surface area contributed by atoms with Crippen LogP contribution in [0.5, 0.6) is 0 Å². The van der Waals surface area contributed by atoms with Crippen LogP contribution in [0.25, 0.3) is 0 Å². The second-order valence-electron chi connectivity index (χ2n) is 18.1. The standard InChI is InChI=1S/C51H97N2O6P/c1-6-8-10-12-14-16-18-20-22-23-24-25-26-27-28-29-31-33-35-37-39-41-43-45-51(55)52-49(48-59-60(56,57)58-47-46-53(3,4)5)50(54)44-42-40-38-36-34-32-30-21-19-17-15-13-11-9-7-2/h19,21,27-28,34,36,42,44,49-50,54H,6-18,20,22-26,29-33,35,37-41,43,45-48H2,1-5H3,(H-,52,55,56,57)/b21-19+,28-27-,36-34+,44-42+. The van der Waals surface area contributed by atoms with Crippen LogP contribution < -0.4 is 10.2 Å². The van der Waals surface area contributed by atoms with Crippen LogP contribution in [-0.4, -0.2) is 68.5 Å². The fraction of sp³-hybridized carbons (Fsp3) is 0.824. The van der Waals surface area contributed by atoms with Crippen molar-refractivity contribution in [3.63, 3.8) is 0 Å². The summed E-state index contributed by atoms with van der Waals surface area (Å²) in [7, 11) is 1.23. The minimum atomic E-state index is -4.60. The number of hydrogen-bond acceptors (Lipinski definition) is 6. The first kappa shape index (κ1) is 58.5. The molecule has 0 saturated heterocycles. The molecule has 0 aromatic heterocycles. The summed E-state index contributed by atoms with van der Waals surface area (Å²) in [6, 6.07) is -0.911. The van der Waals surface area contributed by atoms with Crippen molar-refractivity contribution in [2.75, 3.05) is 40.9 Å². The molecule has 0 aromatic carbocycles. The van der Waals surface area contributed by atoms with E-state index in [9.17, 15) is 19.4 Å². The second-order valence-corrected chi connectivity index (χ2v) is 19.6. The molecule has 8 nitrogen and oxygen atoms in total. The summed E-state index contributed by atoms with van der Waals surface area (Å²) >= 11 is 0. The number of allylic oxidation sites excluding steroid dienone is 7. The van der Waals surface area contributed by atoms with Gasteiger partial charge in [0.2, 0.25) is 5.91 Å². The van der Waals surface area contributed by atoms with Crippen LogP contribution in [0.1, 0.15) is 219 Å². The number of carbonyl (C=O) groups excluding carboxylic acids is 1. The van der Waals surface area contributed by atoms with Crippen LogP contribution in [0.15, 0.2) is 48.6 Å². The minimum absolute atomic E-state index is 0.0106. The van der Waals surface area contributed by atoms with Gasteiger partial charge in [-0.1, -0.05) is 191 Å². The number of nitrogens with one attached hydrogen (secondary N) is 1. The molecular formula is C51H97N2O6P. The van der Waals surface area contributed by atoms with E-state index in [1.807, 2.05) is 27.2 Å². The average Bonchev–Trinajstić information content (AvgIpc) is 3.20. The first-order valence-electron chi connectivity index (χ1n) is 25.0. The number of aliphatic hydroxyl groups is 1. The average molecular weight is 865 g/mol.